The third-order valence-corrected chi connectivity index (χ3v) is 3.49. The largest absolute Gasteiger partial charge is 0.497 e. The van der Waals surface area contributed by atoms with Crippen molar-refractivity contribution in [1.82, 2.24) is 5.32 Å². The third-order valence-electron chi connectivity index (χ3n) is 3.49. The Balaban J connectivity index is 1.87. The Morgan fingerprint density at radius 1 is 1.04 bits per heavy atom. The first-order chi connectivity index (χ1) is 12.3. The number of nitrogens with one attached hydrogen (secondary N) is 2. The number of carbonyl (C=O) groups excluding carboxylic acids is 2. The Morgan fingerprint density at radius 3 is 2.46 bits per heavy atom. The van der Waals surface area contributed by atoms with Crippen molar-refractivity contribution in [2.45, 2.75) is 12.6 Å². The van der Waals surface area contributed by atoms with E-state index in [9.17, 15) is 22.8 Å². The first kappa shape index (κ1) is 19.3. The molecular weight excluding hydrogens is 349 g/mol. The number of halogens is 3. The van der Waals surface area contributed by atoms with Crippen LogP contribution in [0.15, 0.2) is 48.5 Å². The van der Waals surface area contributed by atoms with Crippen molar-refractivity contribution < 1.29 is 27.5 Å². The van der Waals surface area contributed by atoms with Crippen molar-refractivity contribution >= 4 is 17.5 Å². The summed E-state index contributed by atoms with van der Waals surface area (Å²) < 4.78 is 43.0. The van der Waals surface area contributed by atoms with E-state index in [0.29, 0.717) is 12.2 Å². The van der Waals surface area contributed by atoms with Gasteiger partial charge < -0.3 is 15.4 Å². The lowest BCUT2D eigenvalue weighted by molar-refractivity contribution is -0.137. The van der Waals surface area contributed by atoms with E-state index in [1.807, 2.05) is 6.07 Å². The maximum absolute atomic E-state index is 12.6. The molecule has 0 unspecified atom stereocenters. The molecule has 0 bridgehead atoms. The standard InChI is InChI=1S/C18H17F3N2O3/c1-26-15-7-2-4-12(10-15)8-9-22-16(24)17(25)23-14-6-3-5-13(11-14)18(19,20)21/h2-7,10-11H,8-9H2,1H3,(H,22,24)(H,23,25). The number of hydrogen-bond acceptors (Lipinski definition) is 3. The van der Waals surface area contributed by atoms with Gasteiger partial charge in [-0.1, -0.05) is 18.2 Å². The van der Waals surface area contributed by atoms with Crippen LogP contribution in [0.5, 0.6) is 5.75 Å². The second-order valence-corrected chi connectivity index (χ2v) is 5.39. The molecule has 0 heterocycles. The average Bonchev–Trinajstić information content (AvgIpc) is 2.61. The molecule has 2 amide bonds. The van der Waals surface area contributed by atoms with Crippen molar-refractivity contribution in [3.63, 3.8) is 0 Å². The first-order valence-corrected chi connectivity index (χ1v) is 7.69. The second-order valence-electron chi connectivity index (χ2n) is 5.39. The predicted molar refractivity (Wildman–Crippen MR) is 89.8 cm³/mol. The highest BCUT2D eigenvalue weighted by Gasteiger charge is 2.30. The molecule has 0 saturated carbocycles. The zero-order valence-corrected chi connectivity index (χ0v) is 13.9. The van der Waals surface area contributed by atoms with E-state index in [2.05, 4.69) is 10.6 Å². The number of alkyl halides is 3. The summed E-state index contributed by atoms with van der Waals surface area (Å²) >= 11 is 0. The van der Waals surface area contributed by atoms with Crippen LogP contribution in [0.1, 0.15) is 11.1 Å². The van der Waals surface area contributed by atoms with Gasteiger partial charge >= 0.3 is 18.0 Å². The van der Waals surface area contributed by atoms with E-state index in [4.69, 9.17) is 4.74 Å². The summed E-state index contributed by atoms with van der Waals surface area (Å²) in [4.78, 5) is 23.6. The molecule has 0 aliphatic carbocycles. The van der Waals surface area contributed by atoms with E-state index in [1.54, 1.807) is 25.3 Å². The number of rotatable bonds is 5. The average molecular weight is 366 g/mol. The van der Waals surface area contributed by atoms with Crippen LogP contribution in [0.25, 0.3) is 0 Å². The maximum Gasteiger partial charge on any atom is 0.416 e. The smallest absolute Gasteiger partial charge is 0.416 e. The number of hydrogen-bond donors (Lipinski definition) is 2. The topological polar surface area (TPSA) is 67.4 Å². The number of benzene rings is 2. The Labute approximate surface area is 148 Å². The summed E-state index contributed by atoms with van der Waals surface area (Å²) in [5, 5.41) is 4.57. The normalized spacial score (nSPS) is 10.9. The summed E-state index contributed by atoms with van der Waals surface area (Å²) in [6.07, 6.45) is -4.06. The molecule has 138 valence electrons. The quantitative estimate of drug-likeness (QED) is 0.800. The maximum atomic E-state index is 12.6. The minimum absolute atomic E-state index is 0.104. The number of anilines is 1. The van der Waals surface area contributed by atoms with Gasteiger partial charge in [-0.15, -0.1) is 0 Å². The number of ether oxygens (including phenoxy) is 1. The fourth-order valence-electron chi connectivity index (χ4n) is 2.19. The van der Waals surface area contributed by atoms with Crippen LogP contribution in [0.2, 0.25) is 0 Å². The van der Waals surface area contributed by atoms with Gasteiger partial charge in [-0.3, -0.25) is 9.59 Å². The highest BCUT2D eigenvalue weighted by molar-refractivity contribution is 6.39. The van der Waals surface area contributed by atoms with E-state index in [0.717, 1.165) is 23.8 Å². The molecule has 8 heteroatoms. The van der Waals surface area contributed by atoms with Gasteiger partial charge in [0.2, 0.25) is 0 Å². The van der Waals surface area contributed by atoms with E-state index < -0.39 is 23.6 Å². The molecule has 0 saturated heterocycles. The molecule has 26 heavy (non-hydrogen) atoms. The van der Waals surface area contributed by atoms with Crippen molar-refractivity contribution in [2.75, 3.05) is 19.0 Å². The van der Waals surface area contributed by atoms with E-state index in [1.165, 1.54) is 6.07 Å². The Bertz CT molecular complexity index is 791. The van der Waals surface area contributed by atoms with Crippen LogP contribution < -0.4 is 15.4 Å². The minimum atomic E-state index is -4.53. The first-order valence-electron chi connectivity index (χ1n) is 7.69. The lowest BCUT2D eigenvalue weighted by Crippen LogP contribution is -2.36. The summed E-state index contributed by atoms with van der Waals surface area (Å²) in [5.74, 6) is -1.28. The highest BCUT2D eigenvalue weighted by atomic mass is 19.4. The minimum Gasteiger partial charge on any atom is -0.497 e. The molecule has 0 aliphatic rings. The summed E-state index contributed by atoms with van der Waals surface area (Å²) in [7, 11) is 1.54. The van der Waals surface area contributed by atoms with E-state index in [-0.39, 0.29) is 12.2 Å². The molecule has 0 fully saturated rings. The fraction of sp³-hybridized carbons (Fsp3) is 0.222. The summed E-state index contributed by atoms with van der Waals surface area (Å²) in [6, 6.07) is 11.3. The van der Waals surface area contributed by atoms with Gasteiger partial charge in [0, 0.05) is 12.2 Å². The molecule has 2 aromatic rings. The highest BCUT2D eigenvalue weighted by Crippen LogP contribution is 2.30. The molecule has 0 spiro atoms. The second kappa shape index (κ2) is 8.37. The van der Waals surface area contributed by atoms with Crippen LogP contribution in [0, 0.1) is 0 Å². The molecular formula is C18H17F3N2O3. The molecule has 2 rings (SSSR count). The van der Waals surface area contributed by atoms with Crippen LogP contribution in [0.3, 0.4) is 0 Å². The Hall–Kier alpha value is -3.03. The molecule has 0 atom stereocenters. The Kier molecular flexibility index (Phi) is 6.21. The SMILES string of the molecule is COc1cccc(CCNC(=O)C(=O)Nc2cccc(C(F)(F)F)c2)c1. The zero-order chi connectivity index (χ0) is 19.2. The lowest BCUT2D eigenvalue weighted by Gasteiger charge is -2.10. The fourth-order valence-corrected chi connectivity index (χ4v) is 2.19. The molecule has 0 aromatic heterocycles. The molecule has 2 aromatic carbocycles. The van der Waals surface area contributed by atoms with Crippen molar-refractivity contribution in [1.29, 1.82) is 0 Å². The number of methoxy groups -OCH3 is 1. The number of carbonyl (C=O) groups is 2. The third kappa shape index (κ3) is 5.51. The number of amides is 2. The van der Waals surface area contributed by atoms with Gasteiger partial charge in [0.05, 0.1) is 12.7 Å². The van der Waals surface area contributed by atoms with Gasteiger partial charge in [0.25, 0.3) is 0 Å². The van der Waals surface area contributed by atoms with Gasteiger partial charge in [-0.05, 0) is 42.3 Å². The molecule has 5 nitrogen and oxygen atoms in total. The van der Waals surface area contributed by atoms with Crippen LogP contribution in [-0.4, -0.2) is 25.5 Å². The molecule has 0 radical (unpaired) electrons. The van der Waals surface area contributed by atoms with Crippen molar-refractivity contribution in [3.8, 4) is 5.75 Å². The van der Waals surface area contributed by atoms with Crippen molar-refractivity contribution in [3.05, 3.63) is 59.7 Å². The summed E-state index contributed by atoms with van der Waals surface area (Å²) in [6.45, 7) is 0.196. The van der Waals surface area contributed by atoms with Crippen LogP contribution in [-0.2, 0) is 22.2 Å². The molecule has 2 N–H and O–H groups in total. The Morgan fingerprint density at radius 2 is 1.77 bits per heavy atom. The van der Waals surface area contributed by atoms with Gasteiger partial charge in [-0.2, -0.15) is 13.2 Å². The lowest BCUT2D eigenvalue weighted by atomic mass is 10.1. The van der Waals surface area contributed by atoms with E-state index >= 15 is 0 Å². The van der Waals surface area contributed by atoms with Gasteiger partial charge in [0.1, 0.15) is 5.75 Å². The van der Waals surface area contributed by atoms with Gasteiger partial charge in [0.15, 0.2) is 0 Å². The zero-order valence-electron chi connectivity index (χ0n) is 13.9. The van der Waals surface area contributed by atoms with Gasteiger partial charge in [-0.25, -0.2) is 0 Å². The van der Waals surface area contributed by atoms with Crippen molar-refractivity contribution in [2.24, 2.45) is 0 Å². The predicted octanol–water partition coefficient (Wildman–Crippen LogP) is 3.01. The van der Waals surface area contributed by atoms with Crippen LogP contribution >= 0.6 is 0 Å². The molecule has 0 aliphatic heterocycles. The summed E-state index contributed by atoms with van der Waals surface area (Å²) in [5.41, 5.74) is -0.107. The monoisotopic (exact) mass is 366 g/mol. The van der Waals surface area contributed by atoms with Crippen LogP contribution in [0.4, 0.5) is 18.9 Å².